The molecule has 784 valence electrons. The molecule has 7 heterocycles. The van der Waals surface area contributed by atoms with Crippen LogP contribution >= 0.6 is 198 Å². The van der Waals surface area contributed by atoms with Gasteiger partial charge in [0.2, 0.25) is 0 Å². The Hall–Kier alpha value is -7.88. The number of fused-ring (bicyclic) bond motifs is 2. The van der Waals surface area contributed by atoms with Crippen molar-refractivity contribution in [3.63, 3.8) is 0 Å². The number of benzene rings is 10. The van der Waals surface area contributed by atoms with E-state index in [1.165, 1.54) is 41.9 Å². The van der Waals surface area contributed by atoms with Crippen LogP contribution in [0.25, 0.3) is 0 Å². The summed E-state index contributed by atoms with van der Waals surface area (Å²) in [6.45, 7) is 34.3. The van der Waals surface area contributed by atoms with Gasteiger partial charge >= 0.3 is 24.1 Å². The van der Waals surface area contributed by atoms with Crippen LogP contribution < -0.4 is 21.3 Å². The number of hydrogen-bond acceptors (Lipinski definition) is 16. The van der Waals surface area contributed by atoms with Gasteiger partial charge in [0.25, 0.3) is 0 Å². The fraction of sp³-hybridized carbons (Fsp3) is 0.371. The minimum atomic E-state index is -0.904. The zero-order valence-electron chi connectivity index (χ0n) is 85.5. The van der Waals surface area contributed by atoms with Gasteiger partial charge in [-0.3, -0.25) is 0 Å². The van der Waals surface area contributed by atoms with E-state index in [9.17, 15) is 24.3 Å². The van der Waals surface area contributed by atoms with E-state index in [1.54, 1.807) is 9.80 Å². The Morgan fingerprint density at radius 3 is 1.00 bits per heavy atom. The van der Waals surface area contributed by atoms with E-state index in [-0.39, 0.29) is 77.9 Å². The van der Waals surface area contributed by atoms with Crippen molar-refractivity contribution in [2.24, 2.45) is 57.3 Å². The SMILES string of the molecule is CC(C)C1=C(C(=O)O)SC2=N[C@@](C)(c3ccc(Cl)cc3)[C@@H](c3ccc(Br)cc3)N21.CC(C)[C@@H]1CC[C@@H](C)CC1OC(=O)N1C(=S)N[C@@](C)(c2ccc(Cl)cc2)[C@H]1c1ccc(Br)cc1.CC(C)[C@@H]1CC[C@@H](C)CC1OC(=O)N1C(=S)N[C@](C)(c2ccc(Cl)cc2)[C@@H]1c1ccc(Br)cc1.CCOC(=O)C1=C(C(C)C)N2C(=N[C@@](C)(c3ccc(Cl)cc3)[C@H]2c2ccc(Br)cc2)S1.C[C@@]1(c2ccc(Cl)cc2)NC(=S)N[C@@H]1c1ccc(Br)cc1. The molecule has 10 aromatic rings. The number of nitrogens with one attached hydrogen (secondary N) is 4. The first-order valence-corrected chi connectivity index (χ1v) is 58.7. The summed E-state index contributed by atoms with van der Waals surface area (Å²) in [4.78, 5) is 71.1. The maximum absolute atomic E-state index is 13.8. The van der Waals surface area contributed by atoms with E-state index in [0.717, 1.165) is 125 Å². The molecule has 2 unspecified atom stereocenters. The van der Waals surface area contributed by atoms with Crippen LogP contribution in [0, 0.1) is 47.3 Å². The quantitative estimate of drug-likeness (QED) is 0.0290. The molecule has 9 aliphatic rings. The van der Waals surface area contributed by atoms with Gasteiger partial charge in [-0.2, -0.15) is 0 Å². The summed E-state index contributed by atoms with van der Waals surface area (Å²) < 4.78 is 22.9. The van der Waals surface area contributed by atoms with Gasteiger partial charge in [-0.15, -0.1) is 0 Å². The Morgan fingerprint density at radius 2 is 0.698 bits per heavy atom. The molecule has 18 nitrogen and oxygen atoms in total. The Labute approximate surface area is 967 Å². The molecule has 19 rings (SSSR count). The van der Waals surface area contributed by atoms with Gasteiger partial charge in [0.1, 0.15) is 33.1 Å². The van der Waals surface area contributed by atoms with Crippen LogP contribution in [-0.2, 0) is 51.5 Å². The molecule has 16 atom stereocenters. The molecule has 2 aliphatic carbocycles. The molecule has 0 spiro atoms. The van der Waals surface area contributed by atoms with Gasteiger partial charge in [0.15, 0.2) is 25.7 Å². The number of carboxylic acids is 1. The van der Waals surface area contributed by atoms with Crippen LogP contribution in [0.2, 0.25) is 25.1 Å². The number of aliphatic carboxylic acids is 1. The van der Waals surface area contributed by atoms with Crippen molar-refractivity contribution in [2.75, 3.05) is 6.61 Å². The molecule has 2 amide bonds. The minimum absolute atomic E-state index is 0.0480. The molecule has 0 bridgehead atoms. The number of esters is 1. The highest BCUT2D eigenvalue weighted by molar-refractivity contribution is 9.11. The van der Waals surface area contributed by atoms with Crippen LogP contribution in [-0.4, -0.2) is 93.3 Å². The van der Waals surface area contributed by atoms with E-state index in [2.05, 4.69) is 237 Å². The molecule has 0 aromatic heterocycles. The molecule has 7 aliphatic heterocycles. The molecule has 149 heavy (non-hydrogen) atoms. The average molecular weight is 2520 g/mol. The maximum Gasteiger partial charge on any atom is 0.417 e. The molecule has 5 N–H and O–H groups in total. The lowest BCUT2D eigenvalue weighted by atomic mass is 9.75. The zero-order chi connectivity index (χ0) is 108. The number of allylic oxidation sites excluding steroid dienone is 2. The number of thioether (sulfide) groups is 2. The highest BCUT2D eigenvalue weighted by Gasteiger charge is 2.58. The monoisotopic (exact) mass is 2510 g/mol. The average Bonchev–Trinajstić information content (AvgIpc) is 1.55. The van der Waals surface area contributed by atoms with Gasteiger partial charge < -0.3 is 50.4 Å². The van der Waals surface area contributed by atoms with E-state index >= 15 is 0 Å². The number of rotatable bonds is 19. The van der Waals surface area contributed by atoms with Crippen molar-refractivity contribution in [2.45, 2.75) is 219 Å². The fourth-order valence-corrected chi connectivity index (χ4v) is 27.7. The third-order valence-electron chi connectivity index (χ3n) is 29.7. The number of amidine groups is 2. The summed E-state index contributed by atoms with van der Waals surface area (Å²) in [5.41, 5.74) is 9.64. The Bertz CT molecular complexity index is 6550. The van der Waals surface area contributed by atoms with Crippen LogP contribution in [0.4, 0.5) is 9.59 Å². The lowest BCUT2D eigenvalue weighted by Gasteiger charge is -2.38. The largest absolute Gasteiger partial charge is 0.477 e. The van der Waals surface area contributed by atoms with Gasteiger partial charge in [0, 0.05) is 58.9 Å². The second-order valence-electron chi connectivity index (χ2n) is 41.4. The van der Waals surface area contributed by atoms with Crippen LogP contribution in [0.1, 0.15) is 235 Å². The third kappa shape index (κ3) is 25.1. The van der Waals surface area contributed by atoms with E-state index in [0.29, 0.717) is 87.4 Å². The summed E-state index contributed by atoms with van der Waals surface area (Å²) in [6, 6.07) is 78.8. The van der Waals surface area contributed by atoms with Crippen molar-refractivity contribution in [3.8, 4) is 0 Å². The summed E-state index contributed by atoms with van der Waals surface area (Å²) in [5, 5.41) is 29.8. The summed E-state index contributed by atoms with van der Waals surface area (Å²) in [5.74, 6) is 1.70. The number of halogens is 10. The third-order valence-corrected chi connectivity index (χ3v) is 36.6. The Morgan fingerprint density at radius 1 is 0.409 bits per heavy atom. The predicted octanol–water partition coefficient (Wildman–Crippen LogP) is 33.6. The Balaban J connectivity index is 0.000000140. The number of aliphatic imine (C=N–C) groups is 2. The molecular formula is C116H122Br5Cl5N10O8S5. The number of ether oxygens (including phenoxy) is 3. The smallest absolute Gasteiger partial charge is 0.417 e. The predicted molar refractivity (Wildman–Crippen MR) is 637 cm³/mol. The van der Waals surface area contributed by atoms with Crippen molar-refractivity contribution in [1.29, 1.82) is 0 Å². The first-order valence-electron chi connectivity index (χ1n) is 50.0. The Kier molecular flexibility index (Phi) is 37.6. The number of hydrogen-bond donors (Lipinski definition) is 5. The highest BCUT2D eigenvalue weighted by atomic mass is 79.9. The van der Waals surface area contributed by atoms with Crippen molar-refractivity contribution in [3.05, 3.63) is 367 Å². The molecule has 2 saturated carbocycles. The maximum atomic E-state index is 13.8. The molecule has 33 heteroatoms. The first-order chi connectivity index (χ1) is 70.7. The van der Waals surface area contributed by atoms with E-state index in [4.69, 9.17) is 119 Å². The summed E-state index contributed by atoms with van der Waals surface area (Å²) in [6.07, 6.45) is 5.32. The summed E-state index contributed by atoms with van der Waals surface area (Å²) in [7, 11) is 0. The van der Waals surface area contributed by atoms with Crippen LogP contribution in [0.5, 0.6) is 0 Å². The minimum Gasteiger partial charge on any atom is -0.477 e. The van der Waals surface area contributed by atoms with Crippen LogP contribution in [0.3, 0.4) is 0 Å². The number of amides is 2. The lowest BCUT2D eigenvalue weighted by Crippen LogP contribution is -2.43. The van der Waals surface area contributed by atoms with Gasteiger partial charge in [-0.1, -0.05) is 341 Å². The fourth-order valence-electron chi connectivity index (χ4n) is 22.1. The number of carbonyl (C=O) groups is 4. The molecule has 5 fully saturated rings. The van der Waals surface area contributed by atoms with Gasteiger partial charge in [-0.25, -0.2) is 39.0 Å². The van der Waals surface area contributed by atoms with E-state index in [1.807, 2.05) is 227 Å². The number of carbonyl (C=O) groups excluding carboxylic acids is 3. The first kappa shape index (κ1) is 115. The van der Waals surface area contributed by atoms with Crippen molar-refractivity contribution in [1.82, 2.24) is 40.9 Å². The van der Waals surface area contributed by atoms with Crippen LogP contribution in [0.15, 0.2) is 296 Å². The second-order valence-corrected chi connectivity index (χ2v) is 51.3. The normalized spacial score (nSPS) is 26.1. The highest BCUT2D eigenvalue weighted by Crippen LogP contribution is 2.60. The topological polar surface area (TPSA) is 202 Å². The molecule has 3 saturated heterocycles. The van der Waals surface area contributed by atoms with Gasteiger partial charge in [0.05, 0.1) is 53.4 Å². The van der Waals surface area contributed by atoms with E-state index < -0.39 is 28.1 Å². The standard InChI is InChI=1S/2C27H32BrClN2O2S.C24H24BrClN2O2S.C22H20BrClN2O2S.C16H14BrClN2S/c2*1-16(2)22-14-5-17(3)15-23(22)33-26(32)31-24(18-6-10-20(28)11-7-18)27(4,30-25(31)34)19-8-12-21(29)13-9-19;1-5-30-22(29)20-19(14(2)3)28-21(15-6-10-17(25)11-7-15)24(4,27-23(28)31-20)16-8-12-18(26)13-9-16;1-12(2)17-18(20(27)28)29-21-25-22(3,14-6-10-16(24)11-7-14)19(26(17)21)13-4-8-15(23)9-5-13;1-16(11-4-8-13(18)9-5-11)14(19-15(21)20-16)10-2-6-12(17)7-3-10/h2*6-13,16-17,22-24H,5,14-15H2,1-4H3,(H,30,34);6-14,21H,5H2,1-4H3;4-12,19H,1-3H3,(H,27,28);2-9,14H,1H3,(H2,19,20,21)/t17-,22+,23?,24+,27-;17-,22+,23?,24-,27+;21-,24+;19-,22+;14-,16+/m11111/s1. The lowest BCUT2D eigenvalue weighted by molar-refractivity contribution is -0.137. The van der Waals surface area contributed by atoms with Crippen molar-refractivity contribution < 1.29 is 38.5 Å². The zero-order valence-corrected chi connectivity index (χ0v) is 101. The second kappa shape index (κ2) is 48.6. The molecule has 10 aromatic carbocycles. The van der Waals surface area contributed by atoms with Gasteiger partial charge in [-0.05, 0) is 352 Å². The number of thiocarbonyl (C=S) groups is 3. The summed E-state index contributed by atoms with van der Waals surface area (Å²) >= 11 is 67.7. The number of carboxylic acid groups (broad SMARTS) is 1. The van der Waals surface area contributed by atoms with Crippen molar-refractivity contribution >= 4 is 248 Å². The number of nitrogens with zero attached hydrogens (tertiary/aromatic N) is 6. The molecular weight excluding hydrogens is 2400 g/mol. The molecule has 0 radical (unpaired) electrons.